The molecule has 0 saturated heterocycles. The van der Waals surface area contributed by atoms with Crippen molar-refractivity contribution in [2.24, 2.45) is 0 Å². The second-order valence-corrected chi connectivity index (χ2v) is 6.68. The number of nitrogens with one attached hydrogen (secondary N) is 3. The Balaban J connectivity index is 1.77. The second-order valence-electron chi connectivity index (χ2n) is 5.86. The lowest BCUT2D eigenvalue weighted by Gasteiger charge is -2.15. The number of benzene rings is 2. The van der Waals surface area contributed by atoms with Crippen LogP contribution in [0, 0.1) is 6.92 Å². The Morgan fingerprint density at radius 3 is 2.38 bits per heavy atom. The number of amides is 2. The van der Waals surface area contributed by atoms with E-state index in [4.69, 9.17) is 23.2 Å². The first kappa shape index (κ1) is 20.2. The van der Waals surface area contributed by atoms with Gasteiger partial charge in [0.1, 0.15) is 0 Å². The minimum absolute atomic E-state index is 0.0792. The van der Waals surface area contributed by atoms with E-state index in [0.29, 0.717) is 15.7 Å². The molecule has 2 aromatic rings. The maximum atomic E-state index is 12.0. The summed E-state index contributed by atoms with van der Waals surface area (Å²) in [7, 11) is 0. The lowest BCUT2D eigenvalue weighted by molar-refractivity contribution is -0.123. The van der Waals surface area contributed by atoms with Crippen molar-refractivity contribution < 1.29 is 9.59 Å². The van der Waals surface area contributed by atoms with E-state index in [1.165, 1.54) is 0 Å². The number of anilines is 1. The molecule has 0 heterocycles. The van der Waals surface area contributed by atoms with Crippen LogP contribution in [0.1, 0.15) is 24.1 Å². The van der Waals surface area contributed by atoms with Gasteiger partial charge in [-0.15, -0.1) is 0 Å². The van der Waals surface area contributed by atoms with Crippen LogP contribution in [0.2, 0.25) is 10.0 Å². The first-order valence-electron chi connectivity index (χ1n) is 8.18. The predicted octanol–water partition coefficient (Wildman–Crippen LogP) is 3.71. The number of hydrogen-bond acceptors (Lipinski definition) is 3. The van der Waals surface area contributed by atoms with Gasteiger partial charge in [-0.1, -0.05) is 47.5 Å². The van der Waals surface area contributed by atoms with Gasteiger partial charge in [0.05, 0.1) is 13.1 Å². The Labute approximate surface area is 163 Å². The number of hydrogen-bond donors (Lipinski definition) is 3. The molecule has 2 aromatic carbocycles. The van der Waals surface area contributed by atoms with Crippen molar-refractivity contribution in [3.05, 3.63) is 63.6 Å². The van der Waals surface area contributed by atoms with Crippen molar-refractivity contribution in [3.63, 3.8) is 0 Å². The summed E-state index contributed by atoms with van der Waals surface area (Å²) in [5.41, 5.74) is 2.32. The molecule has 3 N–H and O–H groups in total. The third-order valence-electron chi connectivity index (χ3n) is 3.93. The zero-order valence-corrected chi connectivity index (χ0v) is 16.1. The third-order valence-corrected chi connectivity index (χ3v) is 4.68. The van der Waals surface area contributed by atoms with E-state index < -0.39 is 0 Å². The molecule has 1 atom stereocenters. The molecule has 2 rings (SSSR count). The van der Waals surface area contributed by atoms with Crippen molar-refractivity contribution in [2.75, 3.05) is 18.4 Å². The molecule has 0 unspecified atom stereocenters. The van der Waals surface area contributed by atoms with Gasteiger partial charge >= 0.3 is 0 Å². The quantitative estimate of drug-likeness (QED) is 0.671. The van der Waals surface area contributed by atoms with Crippen LogP contribution in [0.3, 0.4) is 0 Å². The van der Waals surface area contributed by atoms with Crippen LogP contribution < -0.4 is 16.0 Å². The molecule has 0 radical (unpaired) electrons. The maximum Gasteiger partial charge on any atom is 0.243 e. The lowest BCUT2D eigenvalue weighted by atomic mass is 10.1. The number of carbonyl (C=O) groups is 2. The highest BCUT2D eigenvalue weighted by atomic mass is 35.5. The lowest BCUT2D eigenvalue weighted by Crippen LogP contribution is -2.39. The summed E-state index contributed by atoms with van der Waals surface area (Å²) in [6.07, 6.45) is 0. The maximum absolute atomic E-state index is 12.0. The average molecular weight is 394 g/mol. The fourth-order valence-electron chi connectivity index (χ4n) is 2.36. The van der Waals surface area contributed by atoms with Crippen molar-refractivity contribution in [1.29, 1.82) is 0 Å². The molecule has 5 nitrogen and oxygen atoms in total. The number of halogens is 2. The first-order chi connectivity index (χ1) is 12.4. The van der Waals surface area contributed by atoms with E-state index in [9.17, 15) is 9.59 Å². The van der Waals surface area contributed by atoms with E-state index in [1.54, 1.807) is 24.3 Å². The van der Waals surface area contributed by atoms with Gasteiger partial charge < -0.3 is 16.0 Å². The summed E-state index contributed by atoms with van der Waals surface area (Å²) in [4.78, 5) is 23.9. The van der Waals surface area contributed by atoms with Crippen LogP contribution >= 0.6 is 23.2 Å². The molecule has 0 fully saturated rings. The Hall–Kier alpha value is -2.08. The smallest absolute Gasteiger partial charge is 0.243 e. The Bertz CT molecular complexity index is 796. The molecule has 138 valence electrons. The molecule has 0 spiro atoms. The van der Waals surface area contributed by atoms with Gasteiger partial charge in [0.2, 0.25) is 11.8 Å². The minimum Gasteiger partial charge on any atom is -0.346 e. The van der Waals surface area contributed by atoms with Gasteiger partial charge in [-0.3, -0.25) is 9.59 Å². The van der Waals surface area contributed by atoms with E-state index >= 15 is 0 Å². The highest BCUT2D eigenvalue weighted by Crippen LogP contribution is 2.23. The SMILES string of the molecule is Cc1c(Cl)cccc1NC(=O)CNC(=O)CN[C@@H](C)c1ccccc1Cl. The minimum atomic E-state index is -0.317. The second kappa shape index (κ2) is 9.57. The zero-order valence-electron chi connectivity index (χ0n) is 14.6. The van der Waals surface area contributed by atoms with E-state index in [1.807, 2.05) is 32.0 Å². The molecule has 0 bridgehead atoms. The van der Waals surface area contributed by atoms with Gasteiger partial charge in [0.25, 0.3) is 0 Å². The molecule has 26 heavy (non-hydrogen) atoms. The molecule has 0 aliphatic rings. The monoisotopic (exact) mass is 393 g/mol. The summed E-state index contributed by atoms with van der Waals surface area (Å²) >= 11 is 12.2. The molecule has 7 heteroatoms. The number of carbonyl (C=O) groups excluding carboxylic acids is 2. The van der Waals surface area contributed by atoms with Crippen molar-refractivity contribution in [1.82, 2.24) is 10.6 Å². The zero-order chi connectivity index (χ0) is 19.1. The molecule has 0 saturated carbocycles. The van der Waals surface area contributed by atoms with E-state index in [2.05, 4.69) is 16.0 Å². The fraction of sp³-hybridized carbons (Fsp3) is 0.263. The van der Waals surface area contributed by atoms with Gasteiger partial charge in [0.15, 0.2) is 0 Å². The fourth-order valence-corrected chi connectivity index (χ4v) is 2.83. The summed E-state index contributed by atoms with van der Waals surface area (Å²) in [6.45, 7) is 3.70. The average Bonchev–Trinajstić information content (AvgIpc) is 2.62. The van der Waals surface area contributed by atoms with Gasteiger partial charge in [0, 0.05) is 21.8 Å². The largest absolute Gasteiger partial charge is 0.346 e. The highest BCUT2D eigenvalue weighted by molar-refractivity contribution is 6.32. The van der Waals surface area contributed by atoms with E-state index in [-0.39, 0.29) is 30.9 Å². The van der Waals surface area contributed by atoms with Crippen LogP contribution in [0.5, 0.6) is 0 Å². The molecular weight excluding hydrogens is 373 g/mol. The third kappa shape index (κ3) is 5.73. The summed E-state index contributed by atoms with van der Waals surface area (Å²) in [6, 6.07) is 12.6. The summed E-state index contributed by atoms with van der Waals surface area (Å²) in [5.74, 6) is -0.593. The molecule has 2 amide bonds. The standard InChI is InChI=1S/C19H21Cl2N3O2/c1-12-15(20)8-5-9-17(12)24-19(26)11-23-18(25)10-22-13(2)14-6-3-4-7-16(14)21/h3-9,13,22H,10-11H2,1-2H3,(H,23,25)(H,24,26)/t13-/m0/s1. The van der Waals surface area contributed by atoms with Crippen molar-refractivity contribution in [3.8, 4) is 0 Å². The summed E-state index contributed by atoms with van der Waals surface area (Å²) < 4.78 is 0. The van der Waals surface area contributed by atoms with Crippen LogP contribution in [-0.4, -0.2) is 24.9 Å². The van der Waals surface area contributed by atoms with Gasteiger partial charge in [-0.25, -0.2) is 0 Å². The Morgan fingerprint density at radius 1 is 0.962 bits per heavy atom. The van der Waals surface area contributed by atoms with Gasteiger partial charge in [-0.05, 0) is 43.2 Å². The number of rotatable bonds is 7. The van der Waals surface area contributed by atoms with Crippen molar-refractivity contribution >= 4 is 40.7 Å². The highest BCUT2D eigenvalue weighted by Gasteiger charge is 2.12. The Morgan fingerprint density at radius 2 is 1.65 bits per heavy atom. The van der Waals surface area contributed by atoms with Gasteiger partial charge in [-0.2, -0.15) is 0 Å². The normalized spacial score (nSPS) is 11.7. The van der Waals surface area contributed by atoms with Crippen molar-refractivity contribution in [2.45, 2.75) is 19.9 Å². The van der Waals surface area contributed by atoms with E-state index in [0.717, 1.165) is 11.1 Å². The van der Waals surface area contributed by atoms with Crippen LogP contribution in [0.25, 0.3) is 0 Å². The molecule has 0 aliphatic carbocycles. The molecular formula is C19H21Cl2N3O2. The predicted molar refractivity (Wildman–Crippen MR) is 106 cm³/mol. The van der Waals surface area contributed by atoms with Crippen LogP contribution in [-0.2, 0) is 9.59 Å². The topological polar surface area (TPSA) is 70.2 Å². The Kier molecular flexibility index (Phi) is 7.45. The first-order valence-corrected chi connectivity index (χ1v) is 8.93. The van der Waals surface area contributed by atoms with Crippen LogP contribution in [0.4, 0.5) is 5.69 Å². The summed E-state index contributed by atoms with van der Waals surface area (Å²) in [5, 5.41) is 9.61. The molecule has 0 aliphatic heterocycles. The van der Waals surface area contributed by atoms with Crippen LogP contribution in [0.15, 0.2) is 42.5 Å². The molecule has 0 aromatic heterocycles.